The van der Waals surface area contributed by atoms with E-state index in [2.05, 4.69) is 32.0 Å². The fourth-order valence-electron chi connectivity index (χ4n) is 4.31. The molecule has 1 saturated heterocycles. The zero-order valence-corrected chi connectivity index (χ0v) is 14.4. The van der Waals surface area contributed by atoms with E-state index in [1.807, 2.05) is 7.11 Å². The average molecular weight is 319 g/mol. The number of likely N-dealkylation sites (tertiary alicyclic amines) is 1. The van der Waals surface area contributed by atoms with Crippen LogP contribution in [-0.4, -0.2) is 58.1 Å². The van der Waals surface area contributed by atoms with Crippen LogP contribution >= 0.6 is 0 Å². The predicted molar refractivity (Wildman–Crippen MR) is 88.2 cm³/mol. The molecule has 23 heavy (non-hydrogen) atoms. The third kappa shape index (κ3) is 3.16. The minimum Gasteiger partial charge on any atom is -0.380 e. The van der Waals surface area contributed by atoms with Gasteiger partial charge in [0, 0.05) is 45.2 Å². The van der Waals surface area contributed by atoms with E-state index in [9.17, 15) is 0 Å². The molecule has 0 radical (unpaired) electrons. The number of hydrogen-bond acceptors (Lipinski definition) is 5. The second-order valence-corrected chi connectivity index (χ2v) is 7.43. The molecule has 1 N–H and O–H groups in total. The number of nitrogens with zero attached hydrogens (tertiary/aromatic N) is 4. The Labute approximate surface area is 138 Å². The zero-order valence-electron chi connectivity index (χ0n) is 14.4. The van der Waals surface area contributed by atoms with Gasteiger partial charge in [-0.2, -0.15) is 0 Å². The monoisotopic (exact) mass is 319 g/mol. The van der Waals surface area contributed by atoms with Gasteiger partial charge in [-0.1, -0.05) is 6.42 Å². The van der Waals surface area contributed by atoms with Crippen molar-refractivity contribution in [3.63, 3.8) is 0 Å². The van der Waals surface area contributed by atoms with Crippen LogP contribution in [-0.2, 0) is 18.3 Å². The summed E-state index contributed by atoms with van der Waals surface area (Å²) >= 11 is 0. The van der Waals surface area contributed by atoms with Crippen LogP contribution in [0.1, 0.15) is 56.1 Å². The maximum atomic E-state index is 5.53. The Bertz CT molecular complexity index is 541. The van der Waals surface area contributed by atoms with E-state index >= 15 is 0 Å². The van der Waals surface area contributed by atoms with Gasteiger partial charge < -0.3 is 14.6 Å². The lowest BCUT2D eigenvalue weighted by molar-refractivity contribution is 0.0979. The van der Waals surface area contributed by atoms with Gasteiger partial charge in [0.15, 0.2) is 0 Å². The van der Waals surface area contributed by atoms with Gasteiger partial charge >= 0.3 is 0 Å². The number of ether oxygens (including phenoxy) is 1. The molecule has 1 aromatic rings. The van der Waals surface area contributed by atoms with E-state index in [0.29, 0.717) is 24.1 Å². The summed E-state index contributed by atoms with van der Waals surface area (Å²) in [4.78, 5) is 2.63. The van der Waals surface area contributed by atoms with Gasteiger partial charge in [-0.25, -0.2) is 0 Å². The minimum atomic E-state index is 0.427. The smallest absolute Gasteiger partial charge is 0.146 e. The second kappa shape index (κ2) is 6.49. The third-order valence-corrected chi connectivity index (χ3v) is 5.92. The first-order valence-electron chi connectivity index (χ1n) is 9.14. The summed E-state index contributed by atoms with van der Waals surface area (Å²) in [7, 11) is 3.95. The first-order valence-corrected chi connectivity index (χ1v) is 9.14. The fourth-order valence-corrected chi connectivity index (χ4v) is 4.31. The first kappa shape index (κ1) is 15.5. The van der Waals surface area contributed by atoms with Gasteiger partial charge in [-0.05, 0) is 32.1 Å². The van der Waals surface area contributed by atoms with Gasteiger partial charge in [0.2, 0.25) is 0 Å². The van der Waals surface area contributed by atoms with Crippen LogP contribution in [0, 0.1) is 0 Å². The number of rotatable bonds is 6. The van der Waals surface area contributed by atoms with E-state index < -0.39 is 0 Å². The molecule has 0 aromatic carbocycles. The van der Waals surface area contributed by atoms with E-state index in [1.54, 1.807) is 0 Å². The molecule has 2 saturated carbocycles. The van der Waals surface area contributed by atoms with Crippen molar-refractivity contribution >= 4 is 0 Å². The molecule has 6 heteroatoms. The average Bonchev–Trinajstić information content (AvgIpc) is 2.99. The summed E-state index contributed by atoms with van der Waals surface area (Å²) in [5.41, 5.74) is 0. The molecule has 0 amide bonds. The standard InChI is InChI=1S/C17H29N5O/c1-21-16(19-20-17(21)12-6-7-12)10-18-14-4-3-5-15(14)22-9-8-13(11-22)23-2/h12-15,18H,3-11H2,1-2H3/t13?,14-,15+/m1/s1. The van der Waals surface area contributed by atoms with Crippen molar-refractivity contribution < 1.29 is 4.74 Å². The van der Waals surface area contributed by atoms with Crippen molar-refractivity contribution in [3.8, 4) is 0 Å². The molecule has 2 heterocycles. The Morgan fingerprint density at radius 2 is 2.04 bits per heavy atom. The molecule has 4 rings (SSSR count). The van der Waals surface area contributed by atoms with Gasteiger partial charge in [-0.3, -0.25) is 4.90 Å². The lowest BCUT2D eigenvalue weighted by Crippen LogP contribution is -2.46. The highest BCUT2D eigenvalue weighted by atomic mass is 16.5. The van der Waals surface area contributed by atoms with Gasteiger partial charge in [-0.15, -0.1) is 10.2 Å². The molecule has 0 spiro atoms. The molecule has 1 aromatic heterocycles. The number of methoxy groups -OCH3 is 1. The second-order valence-electron chi connectivity index (χ2n) is 7.43. The topological polar surface area (TPSA) is 55.2 Å². The summed E-state index contributed by atoms with van der Waals surface area (Å²) in [5, 5.41) is 12.6. The molecule has 2 aliphatic carbocycles. The van der Waals surface area contributed by atoms with Crippen molar-refractivity contribution in [2.45, 2.75) is 69.2 Å². The van der Waals surface area contributed by atoms with E-state index in [0.717, 1.165) is 18.9 Å². The highest BCUT2D eigenvalue weighted by Crippen LogP contribution is 2.38. The molecular weight excluding hydrogens is 290 g/mol. The van der Waals surface area contributed by atoms with Crippen LogP contribution in [0.25, 0.3) is 0 Å². The summed E-state index contributed by atoms with van der Waals surface area (Å²) < 4.78 is 7.73. The molecule has 3 fully saturated rings. The van der Waals surface area contributed by atoms with Crippen molar-refractivity contribution in [2.24, 2.45) is 7.05 Å². The Balaban J connectivity index is 1.34. The van der Waals surface area contributed by atoms with Crippen LogP contribution in [0.5, 0.6) is 0 Å². The Morgan fingerprint density at radius 1 is 1.17 bits per heavy atom. The lowest BCUT2D eigenvalue weighted by atomic mass is 10.1. The van der Waals surface area contributed by atoms with E-state index in [1.165, 1.54) is 50.9 Å². The van der Waals surface area contributed by atoms with Crippen LogP contribution in [0.2, 0.25) is 0 Å². The van der Waals surface area contributed by atoms with E-state index in [4.69, 9.17) is 4.74 Å². The largest absolute Gasteiger partial charge is 0.380 e. The van der Waals surface area contributed by atoms with Crippen molar-refractivity contribution in [2.75, 3.05) is 20.2 Å². The van der Waals surface area contributed by atoms with Crippen LogP contribution in [0.15, 0.2) is 0 Å². The Kier molecular flexibility index (Phi) is 4.39. The van der Waals surface area contributed by atoms with Gasteiger partial charge in [0.25, 0.3) is 0 Å². The maximum absolute atomic E-state index is 5.53. The number of hydrogen-bond donors (Lipinski definition) is 1. The van der Waals surface area contributed by atoms with Crippen molar-refractivity contribution in [3.05, 3.63) is 11.6 Å². The highest BCUT2D eigenvalue weighted by molar-refractivity contribution is 5.08. The Morgan fingerprint density at radius 3 is 2.78 bits per heavy atom. The number of aromatic nitrogens is 3. The molecule has 1 aliphatic heterocycles. The Hall–Kier alpha value is -0.980. The van der Waals surface area contributed by atoms with Crippen molar-refractivity contribution in [1.29, 1.82) is 0 Å². The predicted octanol–water partition coefficient (Wildman–Crippen LogP) is 1.42. The zero-order chi connectivity index (χ0) is 15.8. The lowest BCUT2D eigenvalue weighted by Gasteiger charge is -2.30. The molecule has 128 valence electrons. The van der Waals surface area contributed by atoms with Gasteiger partial charge in [0.1, 0.15) is 11.6 Å². The highest BCUT2D eigenvalue weighted by Gasteiger charge is 2.36. The summed E-state index contributed by atoms with van der Waals surface area (Å²) in [5.74, 6) is 2.91. The van der Waals surface area contributed by atoms with Crippen LogP contribution in [0.4, 0.5) is 0 Å². The maximum Gasteiger partial charge on any atom is 0.146 e. The molecule has 3 aliphatic rings. The molecule has 1 unspecified atom stereocenters. The van der Waals surface area contributed by atoms with Gasteiger partial charge in [0.05, 0.1) is 12.6 Å². The fraction of sp³-hybridized carbons (Fsp3) is 0.882. The molecule has 0 bridgehead atoms. The van der Waals surface area contributed by atoms with Crippen LogP contribution in [0.3, 0.4) is 0 Å². The summed E-state index contributed by atoms with van der Waals surface area (Å²) in [6.07, 6.45) is 8.05. The molecule has 6 nitrogen and oxygen atoms in total. The normalized spacial score (nSPS) is 32.0. The molecule has 3 atom stereocenters. The minimum absolute atomic E-state index is 0.427. The quantitative estimate of drug-likeness (QED) is 0.859. The van der Waals surface area contributed by atoms with Crippen LogP contribution < -0.4 is 5.32 Å². The third-order valence-electron chi connectivity index (χ3n) is 5.92. The first-order chi connectivity index (χ1) is 11.3. The molecular formula is C17H29N5O. The van der Waals surface area contributed by atoms with Crippen molar-refractivity contribution in [1.82, 2.24) is 25.0 Å². The summed E-state index contributed by atoms with van der Waals surface area (Å²) in [6.45, 7) is 3.10. The van der Waals surface area contributed by atoms with E-state index in [-0.39, 0.29) is 0 Å². The number of nitrogens with one attached hydrogen (secondary N) is 1. The summed E-state index contributed by atoms with van der Waals surface area (Å²) in [6, 6.07) is 1.23. The SMILES string of the molecule is COC1CCN([C@H]2CCC[C@H]2NCc2nnc(C3CC3)n2C)C1.